The van der Waals surface area contributed by atoms with Crippen LogP contribution in [0.1, 0.15) is 35.4 Å². The van der Waals surface area contributed by atoms with Gasteiger partial charge in [0.05, 0.1) is 17.2 Å². The Morgan fingerprint density at radius 3 is 2.77 bits per heavy atom. The van der Waals surface area contributed by atoms with Crippen molar-refractivity contribution in [1.29, 1.82) is 0 Å². The molecule has 0 spiro atoms. The molecule has 1 saturated heterocycles. The Morgan fingerprint density at radius 1 is 1.03 bits per heavy atom. The summed E-state index contributed by atoms with van der Waals surface area (Å²) in [5.74, 6) is 0.653. The lowest BCUT2D eigenvalue weighted by molar-refractivity contribution is 0.460. The van der Waals surface area contributed by atoms with E-state index in [0.717, 1.165) is 24.2 Å². The fourth-order valence-corrected chi connectivity index (χ4v) is 5.01. The van der Waals surface area contributed by atoms with E-state index in [0.29, 0.717) is 5.92 Å². The molecular weight excluding hydrogens is 370 g/mol. The summed E-state index contributed by atoms with van der Waals surface area (Å²) in [6.45, 7) is 6.68. The highest BCUT2D eigenvalue weighted by Crippen LogP contribution is 2.38. The standard InChI is InChI=1S/C25H25N5/c1-15-11-21(19-3-5-20-13-27-29-30(20)14-19)25-24(16(15)2)22-12-18(4-6-23(22)28-25)17-7-9-26-10-8-17/h3-6,11-14,17,26,28H,7-10H2,1-2H3. The maximum Gasteiger partial charge on any atom is 0.0865 e. The smallest absolute Gasteiger partial charge is 0.0865 e. The first-order valence-electron chi connectivity index (χ1n) is 10.8. The van der Waals surface area contributed by atoms with E-state index < -0.39 is 0 Å². The summed E-state index contributed by atoms with van der Waals surface area (Å²) in [6, 6.07) is 13.5. The van der Waals surface area contributed by atoms with E-state index in [-0.39, 0.29) is 0 Å². The summed E-state index contributed by atoms with van der Waals surface area (Å²) in [5.41, 5.74) is 9.90. The van der Waals surface area contributed by atoms with Crippen molar-refractivity contribution in [2.24, 2.45) is 0 Å². The van der Waals surface area contributed by atoms with Crippen LogP contribution in [-0.4, -0.2) is 32.9 Å². The van der Waals surface area contributed by atoms with Crippen LogP contribution in [0.25, 0.3) is 38.4 Å². The monoisotopic (exact) mass is 395 g/mol. The normalized spacial score (nSPS) is 15.5. The van der Waals surface area contributed by atoms with Crippen LogP contribution in [0.2, 0.25) is 0 Å². The maximum absolute atomic E-state index is 4.18. The number of nitrogens with zero attached hydrogens (tertiary/aromatic N) is 3. The second-order valence-corrected chi connectivity index (χ2v) is 8.59. The highest BCUT2D eigenvalue weighted by atomic mass is 15.4. The van der Waals surface area contributed by atoms with E-state index in [2.05, 4.69) is 77.1 Å². The van der Waals surface area contributed by atoms with Crippen LogP contribution in [0.3, 0.4) is 0 Å². The van der Waals surface area contributed by atoms with Gasteiger partial charge < -0.3 is 10.3 Å². The van der Waals surface area contributed by atoms with Gasteiger partial charge in [-0.2, -0.15) is 0 Å². The Hall–Kier alpha value is -3.18. The molecule has 150 valence electrons. The number of benzene rings is 2. The third kappa shape index (κ3) is 2.66. The van der Waals surface area contributed by atoms with Crippen LogP contribution in [0.15, 0.2) is 48.8 Å². The van der Waals surface area contributed by atoms with E-state index in [4.69, 9.17) is 0 Å². The number of rotatable bonds is 2. The summed E-state index contributed by atoms with van der Waals surface area (Å²) in [4.78, 5) is 3.73. The Kier molecular flexibility index (Phi) is 3.93. The first-order chi connectivity index (χ1) is 14.7. The van der Waals surface area contributed by atoms with Crippen LogP contribution in [0.4, 0.5) is 0 Å². The van der Waals surface area contributed by atoms with Gasteiger partial charge in [0.1, 0.15) is 0 Å². The summed E-state index contributed by atoms with van der Waals surface area (Å²) >= 11 is 0. The van der Waals surface area contributed by atoms with Gasteiger partial charge in [-0.15, -0.1) is 5.10 Å². The first-order valence-corrected chi connectivity index (χ1v) is 10.8. The maximum atomic E-state index is 4.18. The minimum Gasteiger partial charge on any atom is -0.354 e. The van der Waals surface area contributed by atoms with Gasteiger partial charge in [0, 0.05) is 33.6 Å². The van der Waals surface area contributed by atoms with Crippen molar-refractivity contribution in [2.75, 3.05) is 13.1 Å². The molecule has 30 heavy (non-hydrogen) atoms. The lowest BCUT2D eigenvalue weighted by atomic mass is 9.89. The zero-order chi connectivity index (χ0) is 20.2. The van der Waals surface area contributed by atoms with Crippen LogP contribution in [-0.2, 0) is 0 Å². The number of pyridine rings is 1. The lowest BCUT2D eigenvalue weighted by Gasteiger charge is -2.23. The summed E-state index contributed by atoms with van der Waals surface area (Å²) < 4.78 is 1.84. The van der Waals surface area contributed by atoms with E-state index in [1.54, 1.807) is 6.20 Å². The molecule has 0 bridgehead atoms. The molecule has 2 aromatic carbocycles. The van der Waals surface area contributed by atoms with Crippen molar-refractivity contribution in [3.8, 4) is 11.1 Å². The molecular formula is C25H25N5. The largest absolute Gasteiger partial charge is 0.354 e. The van der Waals surface area contributed by atoms with Gasteiger partial charge in [0.25, 0.3) is 0 Å². The van der Waals surface area contributed by atoms with E-state index in [1.807, 2.05) is 4.52 Å². The quantitative estimate of drug-likeness (QED) is 0.436. The number of aryl methyl sites for hydroxylation is 2. The molecule has 2 N–H and O–H groups in total. The minimum absolute atomic E-state index is 0.653. The topological polar surface area (TPSA) is 58.0 Å². The van der Waals surface area contributed by atoms with E-state index in [1.165, 1.54) is 56.9 Å². The van der Waals surface area contributed by atoms with Crippen LogP contribution in [0, 0.1) is 13.8 Å². The number of hydrogen-bond acceptors (Lipinski definition) is 3. The van der Waals surface area contributed by atoms with Crippen LogP contribution in [0.5, 0.6) is 0 Å². The molecule has 4 heterocycles. The molecule has 0 atom stereocenters. The molecule has 0 unspecified atom stereocenters. The van der Waals surface area contributed by atoms with Gasteiger partial charge in [0.15, 0.2) is 0 Å². The van der Waals surface area contributed by atoms with Crippen LogP contribution >= 0.6 is 0 Å². The van der Waals surface area contributed by atoms with E-state index in [9.17, 15) is 0 Å². The molecule has 0 radical (unpaired) electrons. The van der Waals surface area contributed by atoms with Gasteiger partial charge in [-0.05, 0) is 86.7 Å². The summed E-state index contributed by atoms with van der Waals surface area (Å²) in [7, 11) is 0. The number of H-pyrrole nitrogens is 1. The predicted octanol–water partition coefficient (Wildman–Crippen LogP) is 5.11. The van der Waals surface area contributed by atoms with Crippen molar-refractivity contribution >= 4 is 27.3 Å². The molecule has 1 aliphatic rings. The number of hydrogen-bond donors (Lipinski definition) is 2. The second-order valence-electron chi connectivity index (χ2n) is 8.59. The zero-order valence-corrected chi connectivity index (χ0v) is 17.4. The second kappa shape index (κ2) is 6.67. The Labute approximate surface area is 175 Å². The third-order valence-electron chi connectivity index (χ3n) is 6.84. The fourth-order valence-electron chi connectivity index (χ4n) is 5.01. The van der Waals surface area contributed by atoms with Crippen molar-refractivity contribution in [3.05, 3.63) is 65.5 Å². The SMILES string of the molecule is Cc1cc(-c2ccc3cnnn3c2)c2[nH]c3ccc(C4CCNCC4)cc3c2c1C. The highest BCUT2D eigenvalue weighted by Gasteiger charge is 2.19. The first kappa shape index (κ1) is 17.7. The molecule has 0 saturated carbocycles. The molecule has 5 nitrogen and oxygen atoms in total. The molecule has 1 aliphatic heterocycles. The molecule has 5 aromatic rings. The molecule has 5 heteroatoms. The third-order valence-corrected chi connectivity index (χ3v) is 6.84. The van der Waals surface area contributed by atoms with Gasteiger partial charge in [-0.3, -0.25) is 0 Å². The van der Waals surface area contributed by atoms with Crippen molar-refractivity contribution < 1.29 is 0 Å². The highest BCUT2D eigenvalue weighted by molar-refractivity contribution is 6.14. The van der Waals surface area contributed by atoms with E-state index >= 15 is 0 Å². The Balaban J connectivity index is 1.60. The van der Waals surface area contributed by atoms with Crippen molar-refractivity contribution in [1.82, 2.24) is 25.1 Å². The molecule has 0 aliphatic carbocycles. The van der Waals surface area contributed by atoms with Gasteiger partial charge in [0.2, 0.25) is 0 Å². The number of aromatic nitrogens is 4. The average Bonchev–Trinajstić information content (AvgIpc) is 3.40. The van der Waals surface area contributed by atoms with Gasteiger partial charge in [-0.1, -0.05) is 17.3 Å². The molecule has 0 amide bonds. The van der Waals surface area contributed by atoms with Crippen molar-refractivity contribution in [2.45, 2.75) is 32.6 Å². The summed E-state index contributed by atoms with van der Waals surface area (Å²) in [6.07, 6.45) is 6.28. The molecule has 3 aromatic heterocycles. The summed E-state index contributed by atoms with van der Waals surface area (Å²) in [5, 5.41) is 14.4. The number of aromatic amines is 1. The average molecular weight is 396 g/mol. The fraction of sp³-hybridized carbons (Fsp3) is 0.280. The Morgan fingerprint density at radius 2 is 1.90 bits per heavy atom. The predicted molar refractivity (Wildman–Crippen MR) is 122 cm³/mol. The zero-order valence-electron chi connectivity index (χ0n) is 17.4. The lowest BCUT2D eigenvalue weighted by Crippen LogP contribution is -2.26. The molecule has 6 rings (SSSR count). The Bertz CT molecular complexity index is 1400. The minimum atomic E-state index is 0.653. The number of fused-ring (bicyclic) bond motifs is 4. The van der Waals surface area contributed by atoms with Gasteiger partial charge in [-0.25, -0.2) is 4.52 Å². The number of piperidine rings is 1. The molecule has 1 fully saturated rings. The van der Waals surface area contributed by atoms with Crippen molar-refractivity contribution in [3.63, 3.8) is 0 Å². The van der Waals surface area contributed by atoms with Crippen LogP contribution < -0.4 is 5.32 Å². The number of nitrogens with one attached hydrogen (secondary N) is 2. The van der Waals surface area contributed by atoms with Gasteiger partial charge >= 0.3 is 0 Å².